The highest BCUT2D eigenvalue weighted by atomic mass is 79.9. The first kappa shape index (κ1) is 22.4. The van der Waals surface area contributed by atoms with Gasteiger partial charge in [-0.05, 0) is 73.5 Å². The molecule has 3 rings (SSSR count). The second kappa shape index (κ2) is 10.2. The van der Waals surface area contributed by atoms with Crippen molar-refractivity contribution in [1.82, 2.24) is 4.90 Å². The van der Waals surface area contributed by atoms with Crippen LogP contribution in [0.3, 0.4) is 0 Å². The third-order valence-corrected chi connectivity index (χ3v) is 5.91. The highest BCUT2D eigenvalue weighted by molar-refractivity contribution is 9.10. The molecule has 2 aromatic carbocycles. The lowest BCUT2D eigenvalue weighted by atomic mass is 10.1. The first-order chi connectivity index (χ1) is 14.4. The molecule has 30 heavy (non-hydrogen) atoms. The first-order valence-corrected chi connectivity index (χ1v) is 11.4. The number of hydrogen-bond donors (Lipinski definition) is 0. The lowest BCUT2D eigenvalue weighted by Gasteiger charge is -2.14. The molecule has 0 spiro atoms. The van der Waals surface area contributed by atoms with Crippen LogP contribution in [0, 0.1) is 13.8 Å². The molecule has 1 aliphatic heterocycles. The minimum absolute atomic E-state index is 0.201. The standard InChI is InChI=1S/C23H24BrNO4S/c1-4-10-28-19-8-7-18(24)13-17(19)14-21-22(26)25(23(27)30-21)9-11-29-20-12-15(2)5-6-16(20)3/h5-8,12-14H,4,9-11H2,1-3H3/b21-14-. The molecule has 158 valence electrons. The van der Waals surface area contributed by atoms with Crippen LogP contribution in [0.5, 0.6) is 11.5 Å². The van der Waals surface area contributed by atoms with Crippen molar-refractivity contribution in [2.45, 2.75) is 27.2 Å². The van der Waals surface area contributed by atoms with Crippen LogP contribution in [-0.2, 0) is 4.79 Å². The molecule has 0 aromatic heterocycles. The molecule has 0 unspecified atom stereocenters. The van der Waals surface area contributed by atoms with E-state index in [1.807, 2.05) is 57.2 Å². The molecule has 1 aliphatic rings. The molecule has 0 atom stereocenters. The molecule has 5 nitrogen and oxygen atoms in total. The zero-order chi connectivity index (χ0) is 21.7. The van der Waals surface area contributed by atoms with E-state index in [0.717, 1.165) is 45.1 Å². The zero-order valence-corrected chi connectivity index (χ0v) is 19.6. The number of rotatable bonds is 8. The Morgan fingerprint density at radius 3 is 2.57 bits per heavy atom. The van der Waals surface area contributed by atoms with Crippen LogP contribution in [0.2, 0.25) is 0 Å². The third kappa shape index (κ3) is 5.46. The number of hydrogen-bond acceptors (Lipinski definition) is 5. The minimum Gasteiger partial charge on any atom is -0.493 e. The van der Waals surface area contributed by atoms with E-state index >= 15 is 0 Å². The number of aryl methyl sites for hydroxylation is 2. The maximum atomic E-state index is 12.8. The van der Waals surface area contributed by atoms with Gasteiger partial charge in [-0.2, -0.15) is 0 Å². The van der Waals surface area contributed by atoms with Crippen LogP contribution < -0.4 is 9.47 Å². The Bertz CT molecular complexity index is 989. The average molecular weight is 490 g/mol. The van der Waals surface area contributed by atoms with Gasteiger partial charge >= 0.3 is 0 Å². The van der Waals surface area contributed by atoms with Gasteiger partial charge in [0, 0.05) is 10.0 Å². The van der Waals surface area contributed by atoms with Crippen LogP contribution in [0.25, 0.3) is 6.08 Å². The number of nitrogens with zero attached hydrogens (tertiary/aromatic N) is 1. The summed E-state index contributed by atoms with van der Waals surface area (Å²) in [5, 5.41) is -0.290. The van der Waals surface area contributed by atoms with Gasteiger partial charge in [0.25, 0.3) is 11.1 Å². The van der Waals surface area contributed by atoms with Gasteiger partial charge in [-0.15, -0.1) is 0 Å². The summed E-state index contributed by atoms with van der Waals surface area (Å²) in [6.07, 6.45) is 2.60. The predicted molar refractivity (Wildman–Crippen MR) is 124 cm³/mol. The van der Waals surface area contributed by atoms with E-state index in [-0.39, 0.29) is 24.3 Å². The van der Waals surface area contributed by atoms with Crippen LogP contribution in [0.4, 0.5) is 4.79 Å². The summed E-state index contributed by atoms with van der Waals surface area (Å²) in [6.45, 7) is 7.02. The summed E-state index contributed by atoms with van der Waals surface area (Å²) in [7, 11) is 0. The summed E-state index contributed by atoms with van der Waals surface area (Å²) >= 11 is 4.39. The molecule has 0 aliphatic carbocycles. The van der Waals surface area contributed by atoms with E-state index in [2.05, 4.69) is 15.9 Å². The first-order valence-electron chi connectivity index (χ1n) is 9.77. The molecule has 2 aromatic rings. The molecule has 1 fully saturated rings. The number of carbonyl (C=O) groups excluding carboxylic acids is 2. The molecule has 1 heterocycles. The van der Waals surface area contributed by atoms with Gasteiger partial charge in [0.15, 0.2) is 0 Å². The fourth-order valence-electron chi connectivity index (χ4n) is 2.92. The number of carbonyl (C=O) groups is 2. The van der Waals surface area contributed by atoms with E-state index in [1.54, 1.807) is 6.08 Å². The number of halogens is 1. The number of thioether (sulfide) groups is 1. The minimum atomic E-state index is -0.309. The van der Waals surface area contributed by atoms with E-state index in [4.69, 9.17) is 9.47 Å². The fourth-order valence-corrected chi connectivity index (χ4v) is 4.15. The summed E-state index contributed by atoms with van der Waals surface area (Å²) < 4.78 is 12.5. The van der Waals surface area contributed by atoms with E-state index in [1.165, 1.54) is 4.90 Å². The number of benzene rings is 2. The van der Waals surface area contributed by atoms with Gasteiger partial charge in [0.2, 0.25) is 0 Å². The van der Waals surface area contributed by atoms with Crippen molar-refractivity contribution >= 4 is 44.9 Å². The Hall–Kier alpha value is -2.25. The fraction of sp³-hybridized carbons (Fsp3) is 0.304. The summed E-state index contributed by atoms with van der Waals surface area (Å²) in [6, 6.07) is 11.6. The zero-order valence-electron chi connectivity index (χ0n) is 17.2. The topological polar surface area (TPSA) is 55.8 Å². The SMILES string of the molecule is CCCOc1ccc(Br)cc1/C=C1\SC(=O)N(CCOc2cc(C)ccc2C)C1=O. The molecular formula is C23H24BrNO4S. The smallest absolute Gasteiger partial charge is 0.293 e. The Kier molecular flexibility index (Phi) is 7.61. The molecule has 0 N–H and O–H groups in total. The summed E-state index contributed by atoms with van der Waals surface area (Å²) in [5.74, 6) is 1.14. The highest BCUT2D eigenvalue weighted by Gasteiger charge is 2.35. The average Bonchev–Trinajstić information content (AvgIpc) is 2.97. The van der Waals surface area contributed by atoms with Gasteiger partial charge in [-0.3, -0.25) is 14.5 Å². The Balaban J connectivity index is 1.70. The van der Waals surface area contributed by atoms with Crippen molar-refractivity contribution in [2.75, 3.05) is 19.8 Å². The largest absolute Gasteiger partial charge is 0.493 e. The Morgan fingerprint density at radius 2 is 1.80 bits per heavy atom. The van der Waals surface area contributed by atoms with Crippen LogP contribution >= 0.6 is 27.7 Å². The van der Waals surface area contributed by atoms with Crippen LogP contribution in [-0.4, -0.2) is 35.8 Å². The van der Waals surface area contributed by atoms with Crippen molar-refractivity contribution in [3.8, 4) is 11.5 Å². The van der Waals surface area contributed by atoms with Gasteiger partial charge in [-0.1, -0.05) is 35.0 Å². The van der Waals surface area contributed by atoms with Gasteiger partial charge in [0.05, 0.1) is 18.1 Å². The van der Waals surface area contributed by atoms with Gasteiger partial charge in [-0.25, -0.2) is 0 Å². The number of amides is 2. The molecular weight excluding hydrogens is 466 g/mol. The second-order valence-electron chi connectivity index (χ2n) is 6.98. The van der Waals surface area contributed by atoms with Crippen molar-refractivity contribution in [1.29, 1.82) is 0 Å². The number of imide groups is 1. The normalized spacial score (nSPS) is 15.2. The number of ether oxygens (including phenoxy) is 2. The molecule has 0 saturated carbocycles. The van der Waals surface area contributed by atoms with Crippen molar-refractivity contribution in [3.05, 3.63) is 62.5 Å². The maximum Gasteiger partial charge on any atom is 0.293 e. The quantitative estimate of drug-likeness (QED) is 0.427. The Morgan fingerprint density at radius 1 is 1.03 bits per heavy atom. The molecule has 0 bridgehead atoms. The second-order valence-corrected chi connectivity index (χ2v) is 8.89. The molecule has 0 radical (unpaired) electrons. The molecule has 1 saturated heterocycles. The van der Waals surface area contributed by atoms with E-state index < -0.39 is 0 Å². The van der Waals surface area contributed by atoms with Crippen molar-refractivity contribution < 1.29 is 19.1 Å². The van der Waals surface area contributed by atoms with Crippen LogP contribution in [0.15, 0.2) is 45.8 Å². The Labute approximate surface area is 189 Å². The lowest BCUT2D eigenvalue weighted by molar-refractivity contribution is -0.123. The van der Waals surface area contributed by atoms with Crippen molar-refractivity contribution in [2.24, 2.45) is 0 Å². The molecule has 7 heteroatoms. The van der Waals surface area contributed by atoms with Crippen LogP contribution in [0.1, 0.15) is 30.0 Å². The maximum absolute atomic E-state index is 12.8. The van der Waals surface area contributed by atoms with Gasteiger partial charge < -0.3 is 9.47 Å². The lowest BCUT2D eigenvalue weighted by Crippen LogP contribution is -2.32. The summed E-state index contributed by atoms with van der Waals surface area (Å²) in [4.78, 5) is 26.8. The van der Waals surface area contributed by atoms with Crippen molar-refractivity contribution in [3.63, 3.8) is 0 Å². The summed E-state index contributed by atoms with van der Waals surface area (Å²) in [5.41, 5.74) is 2.87. The monoisotopic (exact) mass is 489 g/mol. The van der Waals surface area contributed by atoms with E-state index in [0.29, 0.717) is 17.3 Å². The molecule has 2 amide bonds. The van der Waals surface area contributed by atoms with E-state index in [9.17, 15) is 9.59 Å². The van der Waals surface area contributed by atoms with Gasteiger partial charge in [0.1, 0.15) is 18.1 Å². The highest BCUT2D eigenvalue weighted by Crippen LogP contribution is 2.35. The third-order valence-electron chi connectivity index (χ3n) is 4.51. The predicted octanol–water partition coefficient (Wildman–Crippen LogP) is 5.97.